The van der Waals surface area contributed by atoms with Crippen molar-refractivity contribution >= 4 is 0 Å². The summed E-state index contributed by atoms with van der Waals surface area (Å²) in [4.78, 5) is 0. The molecular weight excluding hydrogens is 236 g/mol. The van der Waals surface area contributed by atoms with Crippen LogP contribution in [0.5, 0.6) is 11.5 Å². The molecule has 0 fully saturated rings. The molecule has 0 saturated carbocycles. The predicted molar refractivity (Wildman–Crippen MR) is 81.0 cm³/mol. The first-order valence-corrected chi connectivity index (χ1v) is 7.59. The fourth-order valence-electron chi connectivity index (χ4n) is 1.98. The van der Waals surface area contributed by atoms with Crippen LogP contribution in [0.3, 0.4) is 0 Å². The Morgan fingerprint density at radius 1 is 1.05 bits per heavy atom. The molecule has 2 nitrogen and oxygen atoms in total. The number of hydrogen-bond acceptors (Lipinski definition) is 2. The zero-order valence-corrected chi connectivity index (χ0v) is 12.8. The van der Waals surface area contributed by atoms with E-state index in [0.717, 1.165) is 24.5 Å². The van der Waals surface area contributed by atoms with Crippen molar-refractivity contribution in [3.8, 4) is 11.5 Å². The summed E-state index contributed by atoms with van der Waals surface area (Å²) in [6.45, 7) is 9.47. The number of hydrogen-bond donors (Lipinski definition) is 0. The number of ether oxygens (including phenoxy) is 2. The summed E-state index contributed by atoms with van der Waals surface area (Å²) in [6, 6.07) is 7.98. The molecule has 0 aliphatic rings. The highest BCUT2D eigenvalue weighted by Crippen LogP contribution is 2.22. The maximum Gasteiger partial charge on any atom is 0.123 e. The molecule has 19 heavy (non-hydrogen) atoms. The van der Waals surface area contributed by atoms with E-state index in [0.29, 0.717) is 5.92 Å². The minimum Gasteiger partial charge on any atom is -0.493 e. The second kappa shape index (κ2) is 8.84. The largest absolute Gasteiger partial charge is 0.493 e. The Morgan fingerprint density at radius 3 is 2.42 bits per heavy atom. The van der Waals surface area contributed by atoms with E-state index < -0.39 is 0 Å². The van der Waals surface area contributed by atoms with Gasteiger partial charge in [-0.1, -0.05) is 39.7 Å². The summed E-state index contributed by atoms with van der Waals surface area (Å²) < 4.78 is 11.7. The maximum atomic E-state index is 5.89. The van der Waals surface area contributed by atoms with Gasteiger partial charge in [-0.05, 0) is 37.8 Å². The van der Waals surface area contributed by atoms with Gasteiger partial charge in [-0.25, -0.2) is 0 Å². The van der Waals surface area contributed by atoms with E-state index in [1.165, 1.54) is 19.3 Å². The highest BCUT2D eigenvalue weighted by Gasteiger charge is 2.07. The van der Waals surface area contributed by atoms with Crippen LogP contribution in [0.15, 0.2) is 24.3 Å². The van der Waals surface area contributed by atoms with Crippen molar-refractivity contribution in [2.45, 2.75) is 59.5 Å². The molecule has 2 atom stereocenters. The monoisotopic (exact) mass is 264 g/mol. The van der Waals surface area contributed by atoms with Crippen LogP contribution in [-0.2, 0) is 0 Å². The van der Waals surface area contributed by atoms with Gasteiger partial charge >= 0.3 is 0 Å². The molecule has 0 N–H and O–H groups in total. The molecule has 1 rings (SSSR count). The molecule has 0 saturated heterocycles. The lowest BCUT2D eigenvalue weighted by atomic mass is 10.0. The van der Waals surface area contributed by atoms with E-state index in [4.69, 9.17) is 9.47 Å². The van der Waals surface area contributed by atoms with Gasteiger partial charge in [-0.2, -0.15) is 0 Å². The summed E-state index contributed by atoms with van der Waals surface area (Å²) in [5.74, 6) is 2.47. The minimum atomic E-state index is 0.249. The van der Waals surface area contributed by atoms with Crippen molar-refractivity contribution in [1.29, 1.82) is 0 Å². The number of benzene rings is 1. The van der Waals surface area contributed by atoms with Crippen LogP contribution in [0.4, 0.5) is 0 Å². The Bertz CT molecular complexity index is 349. The molecule has 1 aromatic rings. The van der Waals surface area contributed by atoms with Crippen LogP contribution in [0.1, 0.15) is 53.4 Å². The Morgan fingerprint density at radius 2 is 1.79 bits per heavy atom. The first kappa shape index (κ1) is 15.9. The minimum absolute atomic E-state index is 0.249. The third-order valence-corrected chi connectivity index (χ3v) is 3.48. The number of rotatable bonds is 9. The Labute approximate surface area is 118 Å². The Balaban J connectivity index is 2.51. The van der Waals surface area contributed by atoms with Crippen molar-refractivity contribution in [1.82, 2.24) is 0 Å². The second-order valence-corrected chi connectivity index (χ2v) is 5.19. The van der Waals surface area contributed by atoms with Gasteiger partial charge in [0.2, 0.25) is 0 Å². The predicted octanol–water partition coefficient (Wildman–Crippen LogP) is 5.07. The highest BCUT2D eigenvalue weighted by atomic mass is 16.5. The van der Waals surface area contributed by atoms with E-state index in [1.807, 2.05) is 24.3 Å². The molecule has 0 bridgehead atoms. The summed E-state index contributed by atoms with van der Waals surface area (Å²) in [7, 11) is 0. The molecule has 108 valence electrons. The molecule has 0 spiro atoms. The SMILES string of the molecule is CCCC(CC)COc1cccc(O[C@@H](C)CC)c1. The van der Waals surface area contributed by atoms with Gasteiger partial charge < -0.3 is 9.47 Å². The van der Waals surface area contributed by atoms with Crippen LogP contribution < -0.4 is 9.47 Å². The van der Waals surface area contributed by atoms with Crippen LogP contribution in [0, 0.1) is 5.92 Å². The third-order valence-electron chi connectivity index (χ3n) is 3.48. The highest BCUT2D eigenvalue weighted by molar-refractivity contribution is 5.33. The average Bonchev–Trinajstić information content (AvgIpc) is 2.43. The van der Waals surface area contributed by atoms with Crippen LogP contribution in [-0.4, -0.2) is 12.7 Å². The topological polar surface area (TPSA) is 18.5 Å². The standard InChI is InChI=1S/C17H28O2/c1-5-9-15(7-3)13-18-16-10-8-11-17(12-16)19-14(4)6-2/h8,10-12,14-15H,5-7,9,13H2,1-4H3/t14-,15?/m0/s1. The zero-order valence-electron chi connectivity index (χ0n) is 12.8. The lowest BCUT2D eigenvalue weighted by molar-refractivity contribution is 0.212. The van der Waals surface area contributed by atoms with E-state index >= 15 is 0 Å². The summed E-state index contributed by atoms with van der Waals surface area (Å²) in [5, 5.41) is 0. The first-order valence-electron chi connectivity index (χ1n) is 7.59. The van der Waals surface area contributed by atoms with Gasteiger partial charge in [0.1, 0.15) is 11.5 Å². The van der Waals surface area contributed by atoms with Crippen LogP contribution >= 0.6 is 0 Å². The molecule has 0 aliphatic carbocycles. The van der Waals surface area contributed by atoms with Crippen molar-refractivity contribution in [3.63, 3.8) is 0 Å². The first-order chi connectivity index (χ1) is 9.19. The molecule has 0 heterocycles. The zero-order chi connectivity index (χ0) is 14.1. The van der Waals surface area contributed by atoms with Crippen LogP contribution in [0.25, 0.3) is 0 Å². The fraction of sp³-hybridized carbons (Fsp3) is 0.647. The van der Waals surface area contributed by atoms with Gasteiger partial charge in [0.15, 0.2) is 0 Å². The molecule has 0 radical (unpaired) electrons. The Hall–Kier alpha value is -1.18. The van der Waals surface area contributed by atoms with Gasteiger partial charge in [0, 0.05) is 6.07 Å². The summed E-state index contributed by atoms with van der Waals surface area (Å²) >= 11 is 0. The van der Waals surface area contributed by atoms with E-state index in [1.54, 1.807) is 0 Å². The molecule has 1 unspecified atom stereocenters. The molecule has 0 aliphatic heterocycles. The molecular formula is C17H28O2. The molecule has 2 heteroatoms. The second-order valence-electron chi connectivity index (χ2n) is 5.19. The van der Waals surface area contributed by atoms with E-state index in [2.05, 4.69) is 27.7 Å². The maximum absolute atomic E-state index is 5.89. The van der Waals surface area contributed by atoms with Crippen molar-refractivity contribution < 1.29 is 9.47 Å². The normalized spacial score (nSPS) is 13.9. The van der Waals surface area contributed by atoms with Gasteiger partial charge in [-0.15, -0.1) is 0 Å². The van der Waals surface area contributed by atoms with Gasteiger partial charge in [-0.3, -0.25) is 0 Å². The van der Waals surface area contributed by atoms with Crippen molar-refractivity contribution in [2.24, 2.45) is 5.92 Å². The van der Waals surface area contributed by atoms with Crippen LogP contribution in [0.2, 0.25) is 0 Å². The molecule has 0 aromatic heterocycles. The smallest absolute Gasteiger partial charge is 0.123 e. The van der Waals surface area contributed by atoms with E-state index in [9.17, 15) is 0 Å². The lowest BCUT2D eigenvalue weighted by Crippen LogP contribution is -2.12. The quantitative estimate of drug-likeness (QED) is 0.620. The van der Waals surface area contributed by atoms with Crippen molar-refractivity contribution in [2.75, 3.05) is 6.61 Å². The van der Waals surface area contributed by atoms with Gasteiger partial charge in [0.05, 0.1) is 12.7 Å². The van der Waals surface area contributed by atoms with E-state index in [-0.39, 0.29) is 6.10 Å². The lowest BCUT2D eigenvalue weighted by Gasteiger charge is -2.16. The summed E-state index contributed by atoms with van der Waals surface area (Å²) in [6.07, 6.45) is 4.90. The van der Waals surface area contributed by atoms with Crippen molar-refractivity contribution in [3.05, 3.63) is 24.3 Å². The fourth-order valence-corrected chi connectivity index (χ4v) is 1.98. The van der Waals surface area contributed by atoms with Gasteiger partial charge in [0.25, 0.3) is 0 Å². The Kier molecular flexibility index (Phi) is 7.39. The average molecular weight is 264 g/mol. The third kappa shape index (κ3) is 6.00. The molecule has 0 amide bonds. The molecule has 1 aromatic carbocycles. The summed E-state index contributed by atoms with van der Waals surface area (Å²) in [5.41, 5.74) is 0.